The van der Waals surface area contributed by atoms with Crippen LogP contribution in [0.3, 0.4) is 0 Å². The molecule has 1 aromatic rings. The molecule has 1 aromatic carbocycles. The highest BCUT2D eigenvalue weighted by Crippen LogP contribution is 2.23. The summed E-state index contributed by atoms with van der Waals surface area (Å²) in [5.74, 6) is -1.16. The van der Waals surface area contributed by atoms with Gasteiger partial charge in [0.05, 0.1) is 12.7 Å². The summed E-state index contributed by atoms with van der Waals surface area (Å²) >= 11 is 5.01. The van der Waals surface area contributed by atoms with Gasteiger partial charge in [-0.3, -0.25) is 25.8 Å². The highest BCUT2D eigenvalue weighted by molar-refractivity contribution is 7.80. The number of esters is 1. The van der Waals surface area contributed by atoms with Gasteiger partial charge in [0.25, 0.3) is 5.91 Å². The third kappa shape index (κ3) is 5.53. The van der Waals surface area contributed by atoms with E-state index in [0.29, 0.717) is 0 Å². The molecule has 0 bridgehead atoms. The number of amides is 2. The molecule has 25 heavy (non-hydrogen) atoms. The summed E-state index contributed by atoms with van der Waals surface area (Å²) in [6, 6.07) is 6.07. The van der Waals surface area contributed by atoms with Crippen LogP contribution in [0.15, 0.2) is 24.3 Å². The first-order chi connectivity index (χ1) is 12.0. The lowest BCUT2D eigenvalue weighted by atomic mass is 9.89. The Labute approximate surface area is 151 Å². The number of benzene rings is 1. The van der Waals surface area contributed by atoms with Gasteiger partial charge in [0.1, 0.15) is 0 Å². The molecule has 2 rings (SSSR count). The van der Waals surface area contributed by atoms with Crippen LogP contribution in [0.25, 0.3) is 0 Å². The molecule has 1 aliphatic rings. The number of hydrogen-bond donors (Lipinski definition) is 3. The van der Waals surface area contributed by atoms with Crippen molar-refractivity contribution in [1.29, 1.82) is 0 Å². The fraction of sp³-hybridized carbons (Fsp3) is 0.412. The highest BCUT2D eigenvalue weighted by atomic mass is 32.1. The molecule has 1 aliphatic carbocycles. The summed E-state index contributed by atoms with van der Waals surface area (Å²) in [6.07, 6.45) is 5.00. The van der Waals surface area contributed by atoms with E-state index in [2.05, 4.69) is 20.9 Å². The fourth-order valence-electron chi connectivity index (χ4n) is 2.70. The van der Waals surface area contributed by atoms with Gasteiger partial charge in [0, 0.05) is 11.5 Å². The van der Waals surface area contributed by atoms with E-state index in [1.807, 2.05) is 0 Å². The zero-order chi connectivity index (χ0) is 18.2. The Hall–Kier alpha value is -2.48. The van der Waals surface area contributed by atoms with Crippen molar-refractivity contribution >= 4 is 35.1 Å². The van der Waals surface area contributed by atoms with E-state index >= 15 is 0 Å². The van der Waals surface area contributed by atoms with Crippen LogP contribution in [-0.4, -0.2) is 30.0 Å². The summed E-state index contributed by atoms with van der Waals surface area (Å²) in [7, 11) is 1.27. The standard InChI is InChI=1S/C17H21N3O4S/c1-24-16(23)13-9-5-8-12(10-13)14(21)18-17(25)20-19-15(22)11-6-3-2-4-7-11/h5,8-11H,2-4,6-7H2,1H3,(H,19,22)(H2,18,20,21,25). The van der Waals surface area contributed by atoms with Crippen molar-refractivity contribution < 1.29 is 19.1 Å². The molecule has 2 amide bonds. The predicted octanol–water partition coefficient (Wildman–Crippen LogP) is 1.69. The van der Waals surface area contributed by atoms with Crippen molar-refractivity contribution in [2.75, 3.05) is 7.11 Å². The van der Waals surface area contributed by atoms with Crippen molar-refractivity contribution in [2.45, 2.75) is 32.1 Å². The molecule has 1 fully saturated rings. The second kappa shape index (κ2) is 9.12. The van der Waals surface area contributed by atoms with E-state index in [4.69, 9.17) is 12.2 Å². The Kier molecular flexibility index (Phi) is 6.88. The van der Waals surface area contributed by atoms with Crippen LogP contribution in [-0.2, 0) is 9.53 Å². The molecule has 0 spiro atoms. The summed E-state index contributed by atoms with van der Waals surface area (Å²) in [5, 5.41) is 2.44. The molecule has 0 heterocycles. The van der Waals surface area contributed by atoms with E-state index < -0.39 is 11.9 Å². The van der Waals surface area contributed by atoms with Gasteiger partial charge in [-0.25, -0.2) is 4.79 Å². The topological polar surface area (TPSA) is 96.5 Å². The average molecular weight is 363 g/mol. The first-order valence-corrected chi connectivity index (χ1v) is 8.51. The molecular formula is C17H21N3O4S. The first-order valence-electron chi connectivity index (χ1n) is 8.11. The van der Waals surface area contributed by atoms with Crippen LogP contribution in [0.5, 0.6) is 0 Å². The number of nitrogens with one attached hydrogen (secondary N) is 3. The second-order valence-electron chi connectivity index (χ2n) is 5.80. The molecular weight excluding hydrogens is 342 g/mol. The smallest absolute Gasteiger partial charge is 0.337 e. The maximum Gasteiger partial charge on any atom is 0.337 e. The molecule has 3 N–H and O–H groups in total. The monoisotopic (exact) mass is 363 g/mol. The van der Waals surface area contributed by atoms with E-state index in [1.165, 1.54) is 13.2 Å². The lowest BCUT2D eigenvalue weighted by molar-refractivity contribution is -0.126. The number of hydrazine groups is 1. The van der Waals surface area contributed by atoms with Crippen molar-refractivity contribution in [3.63, 3.8) is 0 Å². The highest BCUT2D eigenvalue weighted by Gasteiger charge is 2.21. The minimum Gasteiger partial charge on any atom is -0.465 e. The van der Waals surface area contributed by atoms with Crippen molar-refractivity contribution in [3.05, 3.63) is 35.4 Å². The Bertz CT molecular complexity index is 672. The van der Waals surface area contributed by atoms with Crippen molar-refractivity contribution in [2.24, 2.45) is 5.92 Å². The number of thiocarbonyl (C=S) groups is 1. The van der Waals surface area contributed by atoms with Crippen molar-refractivity contribution in [1.82, 2.24) is 16.2 Å². The molecule has 0 radical (unpaired) electrons. The molecule has 7 nitrogen and oxygen atoms in total. The Balaban J connectivity index is 1.84. The maximum atomic E-state index is 12.2. The van der Waals surface area contributed by atoms with Gasteiger partial charge < -0.3 is 4.74 Å². The van der Waals surface area contributed by atoms with E-state index in [9.17, 15) is 14.4 Å². The zero-order valence-corrected chi connectivity index (χ0v) is 14.8. The largest absolute Gasteiger partial charge is 0.465 e. The molecule has 0 atom stereocenters. The van der Waals surface area contributed by atoms with Gasteiger partial charge in [0.2, 0.25) is 5.91 Å². The normalized spacial score (nSPS) is 14.3. The molecule has 0 saturated heterocycles. The Morgan fingerprint density at radius 3 is 2.44 bits per heavy atom. The summed E-state index contributed by atoms with van der Waals surface area (Å²) in [6.45, 7) is 0. The number of carbonyl (C=O) groups is 3. The van der Waals surface area contributed by atoms with E-state index in [-0.39, 0.29) is 28.1 Å². The predicted molar refractivity (Wildman–Crippen MR) is 95.7 cm³/mol. The molecule has 0 aromatic heterocycles. The summed E-state index contributed by atoms with van der Waals surface area (Å²) in [4.78, 5) is 35.7. The van der Waals surface area contributed by atoms with Gasteiger partial charge in [0.15, 0.2) is 5.11 Å². The minimum absolute atomic E-state index is 0.0161. The molecule has 0 aliphatic heterocycles. The van der Waals surface area contributed by atoms with Crippen LogP contribution in [0.1, 0.15) is 52.8 Å². The van der Waals surface area contributed by atoms with Gasteiger partial charge in [-0.2, -0.15) is 0 Å². The number of carbonyl (C=O) groups excluding carboxylic acids is 3. The second-order valence-corrected chi connectivity index (χ2v) is 6.21. The van der Waals surface area contributed by atoms with Crippen LogP contribution in [0.2, 0.25) is 0 Å². The van der Waals surface area contributed by atoms with E-state index in [1.54, 1.807) is 18.2 Å². The number of ether oxygens (including phenoxy) is 1. The lowest BCUT2D eigenvalue weighted by Crippen LogP contribution is -2.50. The number of methoxy groups -OCH3 is 1. The Morgan fingerprint density at radius 1 is 1.08 bits per heavy atom. The maximum absolute atomic E-state index is 12.2. The van der Waals surface area contributed by atoms with Crippen LogP contribution < -0.4 is 16.2 Å². The van der Waals surface area contributed by atoms with Crippen LogP contribution in [0, 0.1) is 5.92 Å². The fourth-order valence-corrected chi connectivity index (χ4v) is 2.84. The summed E-state index contributed by atoms with van der Waals surface area (Å²) in [5.41, 5.74) is 5.58. The Morgan fingerprint density at radius 2 is 1.76 bits per heavy atom. The molecule has 134 valence electrons. The van der Waals surface area contributed by atoms with Gasteiger partial charge in [-0.15, -0.1) is 0 Å². The minimum atomic E-state index is -0.532. The number of hydrogen-bond acceptors (Lipinski definition) is 5. The number of rotatable bonds is 3. The lowest BCUT2D eigenvalue weighted by Gasteiger charge is -2.21. The quantitative estimate of drug-likeness (QED) is 0.430. The van der Waals surface area contributed by atoms with Crippen LogP contribution in [0.4, 0.5) is 0 Å². The van der Waals surface area contributed by atoms with E-state index in [0.717, 1.165) is 32.1 Å². The average Bonchev–Trinajstić information content (AvgIpc) is 2.66. The third-order valence-corrected chi connectivity index (χ3v) is 4.25. The summed E-state index contributed by atoms with van der Waals surface area (Å²) < 4.78 is 4.62. The zero-order valence-electron chi connectivity index (χ0n) is 14.0. The first kappa shape index (κ1) is 18.9. The third-order valence-electron chi connectivity index (χ3n) is 4.05. The van der Waals surface area contributed by atoms with Crippen LogP contribution >= 0.6 is 12.2 Å². The van der Waals surface area contributed by atoms with Gasteiger partial charge in [-0.05, 0) is 43.3 Å². The molecule has 8 heteroatoms. The molecule has 0 unspecified atom stereocenters. The van der Waals surface area contributed by atoms with Gasteiger partial charge >= 0.3 is 5.97 Å². The SMILES string of the molecule is COC(=O)c1cccc(C(=O)NC(=S)NNC(=O)C2CCCCC2)c1. The van der Waals surface area contributed by atoms with Crippen molar-refractivity contribution in [3.8, 4) is 0 Å². The molecule has 1 saturated carbocycles. The van der Waals surface area contributed by atoms with Gasteiger partial charge in [-0.1, -0.05) is 25.3 Å².